The molecule has 2 unspecified atom stereocenters. The van der Waals surface area contributed by atoms with E-state index in [0.717, 1.165) is 0 Å². The Labute approximate surface area is 197 Å². The topological polar surface area (TPSA) is 189 Å². The fraction of sp³-hybridized carbons (Fsp3) is 0.348. The summed E-state index contributed by atoms with van der Waals surface area (Å²) in [5, 5.41) is 60.1. The number of aliphatic hydroxyl groups is 4. The second-order valence-corrected chi connectivity index (χ2v) is 7.81. The SMILES string of the molecule is COc1cc(O)c2c(=O)c(O[C@H]3O[C@H](CO)[C@@H](O)C(O)C3O)c(-c3ccc(O)c(OC)c3)oc2c1. The van der Waals surface area contributed by atoms with E-state index in [4.69, 9.17) is 23.4 Å². The van der Waals surface area contributed by atoms with Crippen LogP contribution < -0.4 is 19.6 Å². The molecule has 3 aromatic rings. The normalized spacial score (nSPS) is 24.3. The van der Waals surface area contributed by atoms with E-state index in [1.165, 1.54) is 44.6 Å². The molecule has 1 aromatic heterocycles. The highest BCUT2D eigenvalue weighted by Crippen LogP contribution is 2.39. The summed E-state index contributed by atoms with van der Waals surface area (Å²) in [4.78, 5) is 13.5. The van der Waals surface area contributed by atoms with Crippen molar-refractivity contribution in [2.24, 2.45) is 0 Å². The van der Waals surface area contributed by atoms with E-state index in [9.17, 15) is 35.4 Å². The fourth-order valence-corrected chi connectivity index (χ4v) is 3.77. The lowest BCUT2D eigenvalue weighted by atomic mass is 9.99. The van der Waals surface area contributed by atoms with Gasteiger partial charge in [-0.15, -0.1) is 0 Å². The maximum Gasteiger partial charge on any atom is 0.239 e. The molecule has 1 aliphatic heterocycles. The van der Waals surface area contributed by atoms with E-state index < -0.39 is 54.2 Å². The highest BCUT2D eigenvalue weighted by atomic mass is 16.7. The van der Waals surface area contributed by atoms with Gasteiger partial charge in [-0.05, 0) is 18.2 Å². The first-order chi connectivity index (χ1) is 16.7. The van der Waals surface area contributed by atoms with Gasteiger partial charge in [-0.25, -0.2) is 0 Å². The molecule has 1 fully saturated rings. The summed E-state index contributed by atoms with van der Waals surface area (Å²) in [5.74, 6) is -1.11. The standard InChI is InChI=1S/C23H24O12/c1-31-10-6-12(26)16-14(7-10)33-21(9-3-4-11(25)13(5-9)32-2)22(18(16)28)35-23-20(30)19(29)17(27)15(8-24)34-23/h3-7,15,17,19-20,23-27,29-30H,8H2,1-2H3/t15-,17-,19?,20?,23-/m1/s1. The van der Waals surface area contributed by atoms with Gasteiger partial charge < -0.3 is 54.0 Å². The molecule has 4 rings (SSSR count). The molecular weight excluding hydrogens is 468 g/mol. The first-order valence-electron chi connectivity index (χ1n) is 10.4. The Morgan fingerprint density at radius 3 is 2.34 bits per heavy atom. The van der Waals surface area contributed by atoms with Gasteiger partial charge >= 0.3 is 0 Å². The van der Waals surface area contributed by atoms with Crippen LogP contribution in [0.1, 0.15) is 0 Å². The molecule has 0 aliphatic carbocycles. The van der Waals surface area contributed by atoms with Gasteiger partial charge in [-0.2, -0.15) is 0 Å². The van der Waals surface area contributed by atoms with Crippen LogP contribution in [0, 0.1) is 0 Å². The molecule has 188 valence electrons. The molecule has 35 heavy (non-hydrogen) atoms. The van der Waals surface area contributed by atoms with Gasteiger partial charge in [0.15, 0.2) is 17.3 Å². The predicted octanol–water partition coefficient (Wildman–Crippen LogP) is 0.0671. The fourth-order valence-electron chi connectivity index (χ4n) is 3.77. The average molecular weight is 492 g/mol. The first-order valence-corrected chi connectivity index (χ1v) is 10.4. The van der Waals surface area contributed by atoms with Crippen LogP contribution in [0.4, 0.5) is 0 Å². The zero-order valence-corrected chi connectivity index (χ0v) is 18.6. The summed E-state index contributed by atoms with van der Waals surface area (Å²) in [5.41, 5.74) is -0.707. The molecule has 1 saturated heterocycles. The number of fused-ring (bicyclic) bond motifs is 1. The number of hydrogen-bond acceptors (Lipinski definition) is 12. The predicted molar refractivity (Wildman–Crippen MR) is 119 cm³/mol. The zero-order valence-electron chi connectivity index (χ0n) is 18.6. The lowest BCUT2D eigenvalue weighted by Gasteiger charge is -2.39. The second-order valence-electron chi connectivity index (χ2n) is 7.81. The van der Waals surface area contributed by atoms with Crippen molar-refractivity contribution in [3.05, 3.63) is 40.6 Å². The van der Waals surface area contributed by atoms with Crippen LogP contribution in [0.3, 0.4) is 0 Å². The first kappa shape index (κ1) is 24.6. The Hall–Kier alpha value is -3.55. The summed E-state index contributed by atoms with van der Waals surface area (Å²) in [6.07, 6.45) is -8.20. The molecule has 12 heteroatoms. The summed E-state index contributed by atoms with van der Waals surface area (Å²) in [6.45, 7) is -0.709. The Bertz CT molecular complexity index is 1280. The number of ether oxygens (including phenoxy) is 4. The van der Waals surface area contributed by atoms with Crippen molar-refractivity contribution in [3.8, 4) is 40.1 Å². The Kier molecular flexibility index (Phi) is 6.74. The van der Waals surface area contributed by atoms with Gasteiger partial charge in [-0.1, -0.05) is 0 Å². The van der Waals surface area contributed by atoms with Crippen molar-refractivity contribution in [2.45, 2.75) is 30.7 Å². The third kappa shape index (κ3) is 4.33. The summed E-state index contributed by atoms with van der Waals surface area (Å²) in [6, 6.07) is 6.62. The van der Waals surface area contributed by atoms with E-state index in [0.29, 0.717) is 0 Å². The maximum atomic E-state index is 13.5. The van der Waals surface area contributed by atoms with Crippen molar-refractivity contribution >= 4 is 11.0 Å². The van der Waals surface area contributed by atoms with Crippen LogP contribution >= 0.6 is 0 Å². The number of aromatic hydroxyl groups is 2. The van der Waals surface area contributed by atoms with Gasteiger partial charge in [0.2, 0.25) is 17.5 Å². The van der Waals surface area contributed by atoms with E-state index in [-0.39, 0.29) is 39.5 Å². The van der Waals surface area contributed by atoms with Crippen molar-refractivity contribution in [2.75, 3.05) is 20.8 Å². The van der Waals surface area contributed by atoms with Crippen LogP contribution in [-0.2, 0) is 4.74 Å². The molecule has 0 amide bonds. The van der Waals surface area contributed by atoms with Gasteiger partial charge in [0, 0.05) is 17.7 Å². The number of rotatable bonds is 6. The molecule has 12 nitrogen and oxygen atoms in total. The van der Waals surface area contributed by atoms with Crippen molar-refractivity contribution in [1.29, 1.82) is 0 Å². The minimum absolute atomic E-state index is 0.0533. The highest BCUT2D eigenvalue weighted by Gasteiger charge is 2.45. The average Bonchev–Trinajstić information content (AvgIpc) is 2.85. The number of methoxy groups -OCH3 is 2. The van der Waals surface area contributed by atoms with Crippen molar-refractivity contribution < 1.29 is 54.0 Å². The van der Waals surface area contributed by atoms with Crippen LogP contribution in [0.5, 0.6) is 28.7 Å². The third-order valence-electron chi connectivity index (χ3n) is 5.67. The molecular formula is C23H24O12. The summed E-state index contributed by atoms with van der Waals surface area (Å²) in [7, 11) is 2.69. The van der Waals surface area contributed by atoms with Crippen LogP contribution in [0.25, 0.3) is 22.3 Å². The van der Waals surface area contributed by atoms with Gasteiger partial charge in [0.1, 0.15) is 46.9 Å². The minimum atomic E-state index is -1.81. The highest BCUT2D eigenvalue weighted by molar-refractivity contribution is 5.88. The van der Waals surface area contributed by atoms with Gasteiger partial charge in [0.05, 0.1) is 20.8 Å². The Morgan fingerprint density at radius 1 is 0.943 bits per heavy atom. The molecule has 5 atom stereocenters. The lowest BCUT2D eigenvalue weighted by molar-refractivity contribution is -0.277. The molecule has 2 heterocycles. The smallest absolute Gasteiger partial charge is 0.239 e. The van der Waals surface area contributed by atoms with E-state index in [1.807, 2.05) is 0 Å². The molecule has 1 aliphatic rings. The molecule has 0 spiro atoms. The quantitative estimate of drug-likeness (QED) is 0.272. The number of hydrogen-bond donors (Lipinski definition) is 6. The van der Waals surface area contributed by atoms with E-state index in [2.05, 4.69) is 0 Å². The summed E-state index contributed by atoms with van der Waals surface area (Å²) < 4.78 is 27.2. The molecule has 6 N–H and O–H groups in total. The number of aliphatic hydroxyl groups excluding tert-OH is 4. The molecule has 0 bridgehead atoms. The third-order valence-corrected chi connectivity index (χ3v) is 5.67. The Morgan fingerprint density at radius 2 is 1.69 bits per heavy atom. The van der Waals surface area contributed by atoms with Crippen LogP contribution in [0.15, 0.2) is 39.5 Å². The van der Waals surface area contributed by atoms with Crippen molar-refractivity contribution in [3.63, 3.8) is 0 Å². The van der Waals surface area contributed by atoms with Crippen LogP contribution in [-0.4, -0.2) is 82.2 Å². The van der Waals surface area contributed by atoms with Crippen LogP contribution in [0.2, 0.25) is 0 Å². The summed E-state index contributed by atoms with van der Waals surface area (Å²) >= 11 is 0. The van der Waals surface area contributed by atoms with E-state index in [1.54, 1.807) is 0 Å². The Balaban J connectivity index is 1.92. The van der Waals surface area contributed by atoms with Crippen molar-refractivity contribution in [1.82, 2.24) is 0 Å². The van der Waals surface area contributed by atoms with Gasteiger partial charge in [-0.3, -0.25) is 4.79 Å². The number of benzene rings is 2. The molecule has 0 radical (unpaired) electrons. The molecule has 0 saturated carbocycles. The second kappa shape index (κ2) is 9.60. The number of phenolic OH excluding ortho intramolecular Hbond substituents is 2. The van der Waals surface area contributed by atoms with Gasteiger partial charge in [0.25, 0.3) is 0 Å². The monoisotopic (exact) mass is 492 g/mol. The van der Waals surface area contributed by atoms with E-state index >= 15 is 0 Å². The lowest BCUT2D eigenvalue weighted by Crippen LogP contribution is -2.60. The maximum absolute atomic E-state index is 13.5. The zero-order chi connectivity index (χ0) is 25.4. The molecule has 2 aromatic carbocycles. The largest absolute Gasteiger partial charge is 0.507 e. The minimum Gasteiger partial charge on any atom is -0.507 e. The number of phenols is 2.